The Morgan fingerprint density at radius 1 is 0.692 bits per heavy atom. The molecule has 0 rings (SSSR count). The molecule has 0 aromatic rings. The van der Waals surface area contributed by atoms with Gasteiger partial charge in [-0.15, -0.1) is 0 Å². The van der Waals surface area contributed by atoms with E-state index in [1.54, 1.807) is 0 Å². The van der Waals surface area contributed by atoms with Crippen molar-refractivity contribution in [1.29, 1.82) is 0 Å². The molecule has 1 radical (unpaired) electrons. The van der Waals surface area contributed by atoms with Crippen LogP contribution in [-0.2, 0) is 14.6 Å². The Morgan fingerprint density at radius 2 is 1.04 bits per heavy atom. The predicted octanol–water partition coefficient (Wildman–Crippen LogP) is 6.32. The molecule has 0 heterocycles. The molecule has 0 bridgehead atoms. The number of rotatable bonds is 19. The molecule has 0 aliphatic heterocycles. The van der Waals surface area contributed by atoms with Gasteiger partial charge < -0.3 is 0 Å². The van der Waals surface area contributed by atoms with Gasteiger partial charge in [-0.05, 0) is 18.8 Å². The molecular weight excluding hydrogens is 359 g/mol. The summed E-state index contributed by atoms with van der Waals surface area (Å²) in [5.41, 5.74) is 0. The van der Waals surface area contributed by atoms with Crippen molar-refractivity contribution < 1.29 is 17.2 Å². The van der Waals surface area contributed by atoms with Gasteiger partial charge in [0.15, 0.2) is 0 Å². The Labute approximate surface area is 185 Å². The predicted molar refractivity (Wildman–Crippen MR) is 112 cm³/mol. The van der Waals surface area contributed by atoms with E-state index in [1.165, 1.54) is 77.0 Å². The first kappa shape index (κ1) is 29.1. The van der Waals surface area contributed by atoms with Crippen molar-refractivity contribution in [3.8, 4) is 0 Å². The molecule has 1 N–H and O–H groups in total. The number of unbranched alkanes of at least 4 members (excludes halogenated alkanes) is 12. The molecule has 0 aliphatic rings. The first-order valence-corrected chi connectivity index (χ1v) is 12.0. The number of hydrogen-bond donors (Lipinski definition) is 1. The molecule has 0 amide bonds. The molecule has 0 aromatic heterocycles. The van der Waals surface area contributed by atoms with Gasteiger partial charge in [0.2, 0.25) is 0 Å². The van der Waals surface area contributed by atoms with Gasteiger partial charge in [0.25, 0.3) is 0 Å². The topological polar surface area (TPSA) is 63.6 Å². The number of hydrogen-bond acceptors (Lipinski definition) is 3. The molecule has 6 heteroatoms. The summed E-state index contributed by atoms with van der Waals surface area (Å²) in [5, 5.41) is 0. The molecule has 0 aromatic carbocycles. The molecule has 0 spiro atoms. The summed E-state index contributed by atoms with van der Waals surface area (Å²) in [6.07, 6.45) is 19.7. The summed E-state index contributed by atoms with van der Waals surface area (Å²) in [4.78, 5) is 0. The van der Waals surface area contributed by atoms with E-state index in [0.717, 1.165) is 25.7 Å². The largest absolute Gasteiger partial charge is 0.397 e. The standard InChI is InChI=1S/C20H42O4S.Na/c1-3-5-7-9-11-12-14-16-18-20(19-24-25(21,22)23)17-15-13-10-8-6-4-2;/h20H,3-19H2,1-2H3,(H,21,22,23);. The third-order valence-electron chi connectivity index (χ3n) is 4.88. The summed E-state index contributed by atoms with van der Waals surface area (Å²) >= 11 is 0. The van der Waals surface area contributed by atoms with Gasteiger partial charge in [0.05, 0.1) is 6.61 Å². The fourth-order valence-electron chi connectivity index (χ4n) is 3.27. The third-order valence-corrected chi connectivity index (χ3v) is 5.32. The second kappa shape index (κ2) is 20.6. The maximum Gasteiger partial charge on any atom is 0.397 e. The summed E-state index contributed by atoms with van der Waals surface area (Å²) < 4.78 is 35.1. The fraction of sp³-hybridized carbons (Fsp3) is 1.00. The van der Waals surface area contributed by atoms with Crippen LogP contribution >= 0.6 is 0 Å². The molecule has 0 saturated carbocycles. The van der Waals surface area contributed by atoms with Gasteiger partial charge in [0, 0.05) is 29.6 Å². The van der Waals surface area contributed by atoms with Gasteiger partial charge in [-0.1, -0.05) is 104 Å². The van der Waals surface area contributed by atoms with Crippen LogP contribution in [0.3, 0.4) is 0 Å². The van der Waals surface area contributed by atoms with Crippen LogP contribution in [0.25, 0.3) is 0 Å². The Balaban J connectivity index is 0. The maximum atomic E-state index is 10.8. The molecule has 153 valence electrons. The minimum absolute atomic E-state index is 0. The third kappa shape index (κ3) is 22.9. The first-order valence-electron chi connectivity index (χ1n) is 10.6. The summed E-state index contributed by atoms with van der Waals surface area (Å²) in [7, 11) is -4.31. The minimum atomic E-state index is -4.31. The van der Waals surface area contributed by atoms with Crippen LogP contribution in [0.5, 0.6) is 0 Å². The van der Waals surface area contributed by atoms with E-state index in [9.17, 15) is 8.42 Å². The van der Waals surface area contributed by atoms with E-state index >= 15 is 0 Å². The fourth-order valence-corrected chi connectivity index (χ4v) is 3.64. The summed E-state index contributed by atoms with van der Waals surface area (Å²) in [6.45, 7) is 4.58. The molecule has 26 heavy (non-hydrogen) atoms. The van der Waals surface area contributed by atoms with Crippen molar-refractivity contribution >= 4 is 40.0 Å². The second-order valence-electron chi connectivity index (χ2n) is 7.40. The van der Waals surface area contributed by atoms with Crippen LogP contribution in [-0.4, -0.2) is 49.1 Å². The molecule has 0 saturated heterocycles. The van der Waals surface area contributed by atoms with Crippen LogP contribution in [0.15, 0.2) is 0 Å². The maximum absolute atomic E-state index is 10.8. The average molecular weight is 402 g/mol. The summed E-state index contributed by atoms with van der Waals surface area (Å²) in [6, 6.07) is 0. The van der Waals surface area contributed by atoms with Crippen molar-refractivity contribution in [1.82, 2.24) is 0 Å². The molecule has 0 aliphatic carbocycles. The van der Waals surface area contributed by atoms with E-state index in [-0.39, 0.29) is 42.1 Å². The van der Waals surface area contributed by atoms with Crippen LogP contribution in [0.4, 0.5) is 0 Å². The molecule has 0 fully saturated rings. The van der Waals surface area contributed by atoms with E-state index < -0.39 is 10.4 Å². The van der Waals surface area contributed by atoms with Gasteiger partial charge in [-0.3, -0.25) is 4.55 Å². The summed E-state index contributed by atoms with van der Waals surface area (Å²) in [5.74, 6) is 0.244. The van der Waals surface area contributed by atoms with Crippen molar-refractivity contribution in [3.05, 3.63) is 0 Å². The monoisotopic (exact) mass is 401 g/mol. The van der Waals surface area contributed by atoms with Crippen LogP contribution in [0.2, 0.25) is 0 Å². The van der Waals surface area contributed by atoms with Gasteiger partial charge in [-0.2, -0.15) is 8.42 Å². The quantitative estimate of drug-likeness (QED) is 0.156. The minimum Gasteiger partial charge on any atom is -0.264 e. The Kier molecular flexibility index (Phi) is 23.0. The smallest absolute Gasteiger partial charge is 0.264 e. The average Bonchev–Trinajstić information content (AvgIpc) is 2.56. The van der Waals surface area contributed by atoms with Crippen LogP contribution < -0.4 is 0 Å². The zero-order valence-corrected chi connectivity index (χ0v) is 20.5. The normalized spacial score (nSPS) is 12.7. The second-order valence-corrected chi connectivity index (χ2v) is 8.49. The molecule has 4 nitrogen and oxygen atoms in total. The SMILES string of the molecule is CCCCCCCCCCC(CCCCCCCC)COS(=O)(=O)O.[Na]. The van der Waals surface area contributed by atoms with Gasteiger partial charge in [0.1, 0.15) is 0 Å². The molecule has 1 unspecified atom stereocenters. The van der Waals surface area contributed by atoms with Crippen LogP contribution in [0.1, 0.15) is 117 Å². The van der Waals surface area contributed by atoms with Crippen molar-refractivity contribution in [2.75, 3.05) is 6.61 Å². The molecular formula is C20H42NaO4S. The van der Waals surface area contributed by atoms with E-state index in [1.807, 2.05) is 0 Å². The first-order chi connectivity index (χ1) is 12.0. The molecule has 1 atom stereocenters. The van der Waals surface area contributed by atoms with Gasteiger partial charge in [-0.25, -0.2) is 4.18 Å². The zero-order chi connectivity index (χ0) is 18.8. The van der Waals surface area contributed by atoms with Crippen molar-refractivity contribution in [3.63, 3.8) is 0 Å². The van der Waals surface area contributed by atoms with Crippen molar-refractivity contribution in [2.45, 2.75) is 117 Å². The van der Waals surface area contributed by atoms with E-state index in [2.05, 4.69) is 18.0 Å². The zero-order valence-electron chi connectivity index (χ0n) is 17.7. The van der Waals surface area contributed by atoms with Crippen LogP contribution in [0, 0.1) is 5.92 Å². The Bertz CT molecular complexity index is 374. The Hall–Kier alpha value is 0.870. The Morgan fingerprint density at radius 3 is 1.38 bits per heavy atom. The van der Waals surface area contributed by atoms with E-state index in [4.69, 9.17) is 4.55 Å². The van der Waals surface area contributed by atoms with E-state index in [0.29, 0.717) is 0 Å². The van der Waals surface area contributed by atoms with Crippen molar-refractivity contribution in [2.24, 2.45) is 5.92 Å². The van der Waals surface area contributed by atoms with Gasteiger partial charge >= 0.3 is 10.4 Å².